The third kappa shape index (κ3) is 3.46. The summed E-state index contributed by atoms with van der Waals surface area (Å²) in [6.45, 7) is 0. The van der Waals surface area contributed by atoms with Gasteiger partial charge in [0, 0.05) is 18.3 Å². The molecule has 0 aliphatic rings. The first-order chi connectivity index (χ1) is 10.0. The number of pyridine rings is 1. The highest BCUT2D eigenvalue weighted by Gasteiger charge is 2.13. The molecular weight excluding hydrogens is 300 g/mol. The molecule has 108 valence electrons. The number of rotatable bonds is 4. The van der Waals surface area contributed by atoms with Crippen LogP contribution in [0, 0.1) is 10.1 Å². The Morgan fingerprint density at radius 1 is 1.33 bits per heavy atom. The molecule has 2 rings (SSSR count). The molecule has 0 amide bonds. The Hall–Kier alpha value is -2.67. The van der Waals surface area contributed by atoms with E-state index in [0.29, 0.717) is 0 Å². The van der Waals surface area contributed by atoms with Crippen molar-refractivity contribution >= 4 is 23.3 Å². The molecule has 0 radical (unpaired) electrons. The number of aromatic nitrogens is 1. The Labute approximate surface area is 124 Å². The van der Waals surface area contributed by atoms with Gasteiger partial charge >= 0.3 is 5.97 Å². The second-order valence-corrected chi connectivity index (χ2v) is 4.26. The average Bonchev–Trinajstić information content (AvgIpc) is 2.48. The Morgan fingerprint density at radius 2 is 2.10 bits per heavy atom. The average molecular weight is 309 g/mol. The first-order valence-electron chi connectivity index (χ1n) is 5.67. The standard InChI is InChI=1S/C13H9ClN2O5/c1-20-13(17)8-4-5-15-12(6-8)21-11-7-9(16(18)19)2-3-10(11)14/h2-7H,1H3. The second-order valence-electron chi connectivity index (χ2n) is 3.85. The minimum absolute atomic E-state index is 0.0697. The molecule has 21 heavy (non-hydrogen) atoms. The molecule has 0 saturated carbocycles. The van der Waals surface area contributed by atoms with Crippen molar-refractivity contribution < 1.29 is 19.2 Å². The summed E-state index contributed by atoms with van der Waals surface area (Å²) in [7, 11) is 1.25. The monoisotopic (exact) mass is 308 g/mol. The van der Waals surface area contributed by atoms with E-state index in [-0.39, 0.29) is 27.9 Å². The van der Waals surface area contributed by atoms with Crippen molar-refractivity contribution in [3.05, 3.63) is 57.2 Å². The number of nitro groups is 1. The van der Waals surface area contributed by atoms with E-state index in [1.807, 2.05) is 0 Å². The van der Waals surface area contributed by atoms with Crippen molar-refractivity contribution in [1.82, 2.24) is 4.98 Å². The molecule has 1 aromatic heterocycles. The van der Waals surface area contributed by atoms with Gasteiger partial charge in [0.05, 0.1) is 28.7 Å². The van der Waals surface area contributed by atoms with Crippen LogP contribution in [0.15, 0.2) is 36.5 Å². The number of ether oxygens (including phenoxy) is 2. The number of halogens is 1. The van der Waals surface area contributed by atoms with Crippen LogP contribution in [0.4, 0.5) is 5.69 Å². The Bertz CT molecular complexity index is 705. The smallest absolute Gasteiger partial charge is 0.338 e. The highest BCUT2D eigenvalue weighted by molar-refractivity contribution is 6.32. The molecule has 0 atom stereocenters. The van der Waals surface area contributed by atoms with E-state index in [9.17, 15) is 14.9 Å². The Kier molecular flexibility index (Phi) is 4.34. The van der Waals surface area contributed by atoms with E-state index >= 15 is 0 Å². The van der Waals surface area contributed by atoms with E-state index in [2.05, 4.69) is 9.72 Å². The van der Waals surface area contributed by atoms with Crippen LogP contribution in [-0.4, -0.2) is 23.0 Å². The van der Waals surface area contributed by atoms with Gasteiger partial charge in [-0.05, 0) is 12.1 Å². The molecule has 7 nitrogen and oxygen atoms in total. The fourth-order valence-corrected chi connectivity index (χ4v) is 1.66. The molecule has 0 aliphatic carbocycles. The number of esters is 1. The van der Waals surface area contributed by atoms with Gasteiger partial charge in [0.1, 0.15) is 0 Å². The lowest BCUT2D eigenvalue weighted by atomic mass is 10.2. The lowest BCUT2D eigenvalue weighted by Gasteiger charge is -2.07. The lowest BCUT2D eigenvalue weighted by molar-refractivity contribution is -0.384. The zero-order valence-electron chi connectivity index (χ0n) is 10.8. The third-order valence-corrected chi connectivity index (χ3v) is 2.81. The number of carbonyl (C=O) groups excluding carboxylic acids is 1. The summed E-state index contributed by atoms with van der Waals surface area (Å²) in [5.74, 6) is -0.409. The van der Waals surface area contributed by atoms with Crippen molar-refractivity contribution in [2.45, 2.75) is 0 Å². The summed E-state index contributed by atoms with van der Waals surface area (Å²) in [4.78, 5) is 25.5. The SMILES string of the molecule is COC(=O)c1ccnc(Oc2cc([N+](=O)[O-])ccc2Cl)c1. The van der Waals surface area contributed by atoms with Crippen LogP contribution in [0.25, 0.3) is 0 Å². The first-order valence-corrected chi connectivity index (χ1v) is 6.05. The largest absolute Gasteiger partial charge is 0.465 e. The van der Waals surface area contributed by atoms with Crippen LogP contribution in [-0.2, 0) is 4.74 Å². The highest BCUT2D eigenvalue weighted by Crippen LogP contribution is 2.32. The number of methoxy groups -OCH3 is 1. The molecule has 0 saturated heterocycles. The van der Waals surface area contributed by atoms with Crippen molar-refractivity contribution in [1.29, 1.82) is 0 Å². The van der Waals surface area contributed by atoms with E-state index < -0.39 is 10.9 Å². The van der Waals surface area contributed by atoms with Gasteiger partial charge in [0.15, 0.2) is 5.75 Å². The highest BCUT2D eigenvalue weighted by atomic mass is 35.5. The Morgan fingerprint density at radius 3 is 2.76 bits per heavy atom. The molecular formula is C13H9ClN2O5. The molecule has 1 aromatic carbocycles. The van der Waals surface area contributed by atoms with Crippen LogP contribution in [0.3, 0.4) is 0 Å². The van der Waals surface area contributed by atoms with Crippen LogP contribution in [0.1, 0.15) is 10.4 Å². The van der Waals surface area contributed by atoms with Gasteiger partial charge in [-0.3, -0.25) is 10.1 Å². The molecule has 1 heterocycles. The predicted octanol–water partition coefficient (Wildman–Crippen LogP) is 3.22. The number of hydrogen-bond acceptors (Lipinski definition) is 6. The fourth-order valence-electron chi connectivity index (χ4n) is 1.51. The molecule has 0 bridgehead atoms. The summed E-state index contributed by atoms with van der Waals surface area (Å²) in [5, 5.41) is 10.9. The summed E-state index contributed by atoms with van der Waals surface area (Å²) >= 11 is 5.91. The molecule has 0 aliphatic heterocycles. The predicted molar refractivity (Wildman–Crippen MR) is 73.8 cm³/mol. The summed E-state index contributed by atoms with van der Waals surface area (Å²) in [5.41, 5.74) is 0.0718. The minimum atomic E-state index is -0.568. The molecule has 0 fully saturated rings. The second kappa shape index (κ2) is 6.19. The molecule has 0 N–H and O–H groups in total. The van der Waals surface area contributed by atoms with Crippen LogP contribution in [0.2, 0.25) is 5.02 Å². The van der Waals surface area contributed by atoms with Crippen molar-refractivity contribution in [3.63, 3.8) is 0 Å². The first kappa shape index (κ1) is 14.7. The van der Waals surface area contributed by atoms with Crippen LogP contribution in [0.5, 0.6) is 11.6 Å². The third-order valence-electron chi connectivity index (χ3n) is 2.50. The normalized spacial score (nSPS) is 10.0. The van der Waals surface area contributed by atoms with Gasteiger partial charge in [-0.15, -0.1) is 0 Å². The van der Waals surface area contributed by atoms with Crippen molar-refractivity contribution in [3.8, 4) is 11.6 Å². The quantitative estimate of drug-likeness (QED) is 0.489. The summed E-state index contributed by atoms with van der Waals surface area (Å²) in [6.07, 6.45) is 1.35. The number of nitro benzene ring substituents is 1. The number of hydrogen-bond donors (Lipinski definition) is 0. The van der Waals surface area contributed by atoms with Gasteiger partial charge in [-0.25, -0.2) is 9.78 Å². The van der Waals surface area contributed by atoms with Gasteiger partial charge in [-0.2, -0.15) is 0 Å². The summed E-state index contributed by atoms with van der Waals surface area (Å²) < 4.78 is 9.96. The maximum atomic E-state index is 11.4. The van der Waals surface area contributed by atoms with Crippen molar-refractivity contribution in [2.75, 3.05) is 7.11 Å². The van der Waals surface area contributed by atoms with Gasteiger partial charge < -0.3 is 9.47 Å². The minimum Gasteiger partial charge on any atom is -0.465 e. The maximum absolute atomic E-state index is 11.4. The van der Waals surface area contributed by atoms with Gasteiger partial charge in [0.25, 0.3) is 5.69 Å². The van der Waals surface area contributed by atoms with E-state index in [1.54, 1.807) is 0 Å². The number of benzene rings is 1. The number of nitrogens with zero attached hydrogens (tertiary/aromatic N) is 2. The Balaban J connectivity index is 2.32. The van der Waals surface area contributed by atoms with E-state index in [4.69, 9.17) is 16.3 Å². The zero-order chi connectivity index (χ0) is 15.4. The maximum Gasteiger partial charge on any atom is 0.338 e. The number of carbonyl (C=O) groups is 1. The molecule has 0 unspecified atom stereocenters. The van der Waals surface area contributed by atoms with E-state index in [0.717, 1.165) is 0 Å². The molecule has 0 spiro atoms. The summed E-state index contributed by atoms with van der Waals surface area (Å²) in [6, 6.07) is 6.58. The van der Waals surface area contributed by atoms with Crippen LogP contribution < -0.4 is 4.74 Å². The van der Waals surface area contributed by atoms with Crippen molar-refractivity contribution in [2.24, 2.45) is 0 Å². The zero-order valence-corrected chi connectivity index (χ0v) is 11.5. The molecule has 8 heteroatoms. The lowest BCUT2D eigenvalue weighted by Crippen LogP contribution is -2.02. The van der Waals surface area contributed by atoms with E-state index in [1.165, 1.54) is 43.6 Å². The fraction of sp³-hybridized carbons (Fsp3) is 0.0769. The number of non-ortho nitro benzene ring substituents is 1. The topological polar surface area (TPSA) is 91.6 Å². The van der Waals surface area contributed by atoms with Gasteiger partial charge in [0.2, 0.25) is 5.88 Å². The molecule has 2 aromatic rings. The van der Waals surface area contributed by atoms with Gasteiger partial charge in [-0.1, -0.05) is 11.6 Å². The van der Waals surface area contributed by atoms with Crippen LogP contribution >= 0.6 is 11.6 Å².